The molecule has 0 aliphatic heterocycles. The van der Waals surface area contributed by atoms with Crippen molar-refractivity contribution in [3.8, 4) is 0 Å². The van der Waals surface area contributed by atoms with E-state index in [4.69, 9.17) is 4.74 Å². The number of nitrogens with zero attached hydrogens (tertiary/aromatic N) is 2. The van der Waals surface area contributed by atoms with E-state index in [0.29, 0.717) is 30.2 Å². The lowest BCUT2D eigenvalue weighted by Gasteiger charge is -2.72. The Morgan fingerprint density at radius 1 is 0.960 bits per heavy atom. The van der Waals surface area contributed by atoms with Crippen molar-refractivity contribution in [2.24, 2.45) is 56.2 Å². The fraction of sp³-hybridized carbons (Fsp3) is 0.810. The first-order chi connectivity index (χ1) is 23.3. The number of ether oxygens (including phenoxy) is 1. The molecule has 1 heterocycles. The Morgan fingerprint density at radius 2 is 1.66 bits per heavy atom. The number of esters is 1. The highest BCUT2D eigenvalue weighted by Crippen LogP contribution is 2.77. The first kappa shape index (κ1) is 37.4. The minimum atomic E-state index is -1.14. The minimum absolute atomic E-state index is 0.0389. The van der Waals surface area contributed by atoms with Gasteiger partial charge in [-0.3, -0.25) is 9.59 Å². The molecule has 1 aromatic heterocycles. The zero-order valence-electron chi connectivity index (χ0n) is 32.4. The highest BCUT2D eigenvalue weighted by molar-refractivity contribution is 5.81. The fourth-order valence-corrected chi connectivity index (χ4v) is 13.1. The molecule has 0 spiro atoms. The maximum Gasteiger partial charge on any atom is 0.309 e. The van der Waals surface area contributed by atoms with Crippen LogP contribution in [-0.2, 0) is 20.9 Å². The van der Waals surface area contributed by atoms with Gasteiger partial charge in [0.2, 0.25) is 0 Å². The fourth-order valence-electron chi connectivity index (χ4n) is 13.1. The molecular weight excluding hydrogens is 626 g/mol. The van der Waals surface area contributed by atoms with Crippen LogP contribution in [-0.4, -0.2) is 50.9 Å². The molecule has 278 valence electrons. The summed E-state index contributed by atoms with van der Waals surface area (Å²) in [4.78, 5) is 33.6. The number of carboxylic acids is 1. The molecule has 8 heteroatoms. The van der Waals surface area contributed by atoms with Gasteiger partial charge in [-0.15, -0.1) is 0 Å². The topological polar surface area (TPSA) is 122 Å². The van der Waals surface area contributed by atoms with E-state index < -0.39 is 17.4 Å². The third-order valence-corrected chi connectivity index (χ3v) is 15.8. The molecule has 5 aliphatic carbocycles. The summed E-state index contributed by atoms with van der Waals surface area (Å²) in [6.07, 6.45) is 13.6. The van der Waals surface area contributed by atoms with Crippen LogP contribution in [0.15, 0.2) is 29.6 Å². The van der Waals surface area contributed by atoms with Crippen LogP contribution in [0.5, 0.6) is 0 Å². The molecule has 4 saturated carbocycles. The maximum absolute atomic E-state index is 13.1. The number of aliphatic hydroxyl groups is 1. The van der Waals surface area contributed by atoms with Crippen LogP contribution in [0.3, 0.4) is 0 Å². The summed E-state index contributed by atoms with van der Waals surface area (Å²) in [5.74, 6) is 1.26. The second-order valence-corrected chi connectivity index (χ2v) is 19.4. The number of rotatable bonds is 10. The van der Waals surface area contributed by atoms with E-state index in [-0.39, 0.29) is 45.7 Å². The Kier molecular flexibility index (Phi) is 9.71. The van der Waals surface area contributed by atoms with Gasteiger partial charge >= 0.3 is 11.9 Å². The molecule has 5 aliphatic rings. The second kappa shape index (κ2) is 13.0. The van der Waals surface area contributed by atoms with Crippen LogP contribution >= 0.6 is 0 Å². The molecular formula is C42H65N3O5. The molecule has 0 aromatic carbocycles. The summed E-state index contributed by atoms with van der Waals surface area (Å²) in [6.45, 7) is 21.7. The number of nitrogens with one attached hydrogen (secondary N) is 1. The van der Waals surface area contributed by atoms with Crippen LogP contribution < -0.4 is 5.32 Å². The quantitative estimate of drug-likeness (QED) is 0.128. The molecule has 1 unspecified atom stereocenters. The van der Waals surface area contributed by atoms with Gasteiger partial charge in [0.1, 0.15) is 11.9 Å². The summed E-state index contributed by atoms with van der Waals surface area (Å²) in [5, 5.41) is 25.0. The molecule has 4 fully saturated rings. The molecule has 3 N–H and O–H groups in total. The lowest BCUT2D eigenvalue weighted by molar-refractivity contribution is -0.233. The van der Waals surface area contributed by atoms with Gasteiger partial charge in [0.15, 0.2) is 0 Å². The predicted octanol–water partition coefficient (Wildman–Crippen LogP) is 8.14. The average molecular weight is 692 g/mol. The molecule has 0 amide bonds. The first-order valence-electron chi connectivity index (χ1n) is 19.6. The van der Waals surface area contributed by atoms with Crippen molar-refractivity contribution in [1.82, 2.24) is 15.3 Å². The van der Waals surface area contributed by atoms with Gasteiger partial charge in [-0.2, -0.15) is 0 Å². The highest BCUT2D eigenvalue weighted by atomic mass is 16.5. The Bertz CT molecular complexity index is 1490. The number of aromatic nitrogens is 2. The van der Waals surface area contributed by atoms with Crippen molar-refractivity contribution in [2.45, 2.75) is 152 Å². The van der Waals surface area contributed by atoms with Crippen LogP contribution in [0.2, 0.25) is 0 Å². The third-order valence-electron chi connectivity index (χ3n) is 15.8. The lowest BCUT2D eigenvalue weighted by atomic mass is 9.33. The summed E-state index contributed by atoms with van der Waals surface area (Å²) < 4.78 is 6.18. The van der Waals surface area contributed by atoms with Crippen LogP contribution in [0.25, 0.3) is 0 Å². The number of carbonyl (C=O) groups excluding carboxylic acids is 1. The Labute approximate surface area is 301 Å². The van der Waals surface area contributed by atoms with E-state index in [1.807, 2.05) is 6.07 Å². The number of hydrogen-bond acceptors (Lipinski definition) is 7. The summed E-state index contributed by atoms with van der Waals surface area (Å²) in [7, 11) is 0. The SMILES string of the molecule is CC(C)C1=C2[C@H]3CC[C@@H]4[C@@]5(C)CC[C@H](OC(=O)CC(C)(C)C(=O)O)C(C)(C)[C@@H]5CC[C@@]4(C)[C@]3(C)CC[C@@]2(CCNCc2ncccn2)CC1O. The summed E-state index contributed by atoms with van der Waals surface area (Å²) >= 11 is 0. The minimum Gasteiger partial charge on any atom is -0.481 e. The smallest absolute Gasteiger partial charge is 0.309 e. The van der Waals surface area contributed by atoms with Crippen LogP contribution in [0.1, 0.15) is 139 Å². The van der Waals surface area contributed by atoms with Gasteiger partial charge in [-0.25, -0.2) is 9.97 Å². The van der Waals surface area contributed by atoms with Gasteiger partial charge in [0.25, 0.3) is 0 Å². The van der Waals surface area contributed by atoms with Crippen molar-refractivity contribution in [3.63, 3.8) is 0 Å². The van der Waals surface area contributed by atoms with E-state index in [0.717, 1.165) is 50.9 Å². The molecule has 1 aromatic rings. The highest BCUT2D eigenvalue weighted by Gasteiger charge is 2.70. The zero-order chi connectivity index (χ0) is 36.5. The number of carbonyl (C=O) groups is 2. The van der Waals surface area contributed by atoms with Gasteiger partial charge in [-0.05, 0) is 142 Å². The third kappa shape index (κ3) is 5.87. The largest absolute Gasteiger partial charge is 0.481 e. The van der Waals surface area contributed by atoms with E-state index >= 15 is 0 Å². The van der Waals surface area contributed by atoms with Crippen LogP contribution in [0, 0.1) is 56.2 Å². The molecule has 0 bridgehead atoms. The van der Waals surface area contributed by atoms with Crippen molar-refractivity contribution >= 4 is 11.9 Å². The molecule has 0 saturated heterocycles. The Morgan fingerprint density at radius 3 is 2.32 bits per heavy atom. The summed E-state index contributed by atoms with van der Waals surface area (Å²) in [5.41, 5.74) is 2.11. The Hall–Kier alpha value is -2.32. The number of aliphatic carboxylic acids is 1. The van der Waals surface area contributed by atoms with Gasteiger partial charge in [-0.1, -0.05) is 54.0 Å². The van der Waals surface area contributed by atoms with Gasteiger partial charge < -0.3 is 20.3 Å². The van der Waals surface area contributed by atoms with Crippen molar-refractivity contribution in [3.05, 3.63) is 35.4 Å². The van der Waals surface area contributed by atoms with Gasteiger partial charge in [0, 0.05) is 17.8 Å². The monoisotopic (exact) mass is 691 g/mol. The predicted molar refractivity (Wildman–Crippen MR) is 195 cm³/mol. The number of aliphatic hydroxyl groups excluding tert-OH is 1. The molecule has 0 radical (unpaired) electrons. The van der Waals surface area contributed by atoms with Crippen molar-refractivity contribution in [1.29, 1.82) is 0 Å². The first-order valence-corrected chi connectivity index (χ1v) is 19.6. The van der Waals surface area contributed by atoms with Crippen molar-refractivity contribution in [2.75, 3.05) is 6.54 Å². The number of carboxylic acid groups (broad SMARTS) is 1. The van der Waals surface area contributed by atoms with E-state index in [9.17, 15) is 19.8 Å². The van der Waals surface area contributed by atoms with E-state index in [1.54, 1.807) is 31.8 Å². The van der Waals surface area contributed by atoms with E-state index in [2.05, 4.69) is 63.8 Å². The average Bonchev–Trinajstić information content (AvgIpc) is 3.33. The zero-order valence-corrected chi connectivity index (χ0v) is 32.4. The number of allylic oxidation sites excluding steroid dienone is 1. The molecule has 8 nitrogen and oxygen atoms in total. The van der Waals surface area contributed by atoms with Gasteiger partial charge in [0.05, 0.1) is 24.5 Å². The number of hydrogen-bond donors (Lipinski definition) is 3. The van der Waals surface area contributed by atoms with Crippen LogP contribution in [0.4, 0.5) is 0 Å². The molecule has 9 atom stereocenters. The maximum atomic E-state index is 13.1. The lowest BCUT2D eigenvalue weighted by Crippen LogP contribution is -2.65. The molecule has 50 heavy (non-hydrogen) atoms. The standard InChI is InChI=1S/C42H65N3O5/c1-26(2)34-28(46)23-42(19-22-43-25-32-44-20-10-21-45-32)18-17-40(8)27(35(34)42)11-12-30-39(7)15-14-31(50-33(47)24-37(3,4)36(48)49)38(5,6)29(39)13-16-41(30,40)9/h10,20-21,26-31,43,46H,11-19,22-25H2,1-9H3,(H,48,49)/t27-,28?,29+,30-,31+,39+,40-,41-,42-/m1/s1. The van der Waals surface area contributed by atoms with E-state index in [1.165, 1.54) is 31.3 Å². The second-order valence-electron chi connectivity index (χ2n) is 19.4. The van der Waals surface area contributed by atoms with Crippen molar-refractivity contribution < 1.29 is 24.5 Å². The molecule has 6 rings (SSSR count). The normalized spacial score (nSPS) is 39.3. The summed E-state index contributed by atoms with van der Waals surface area (Å²) in [6, 6.07) is 1.85. The Balaban J connectivity index is 1.24. The number of fused-ring (bicyclic) bond motifs is 7.